The molecular formula is C14H28N8O. The first kappa shape index (κ1) is 20.7. The SMILES string of the molecule is C.CC(C)(C)C(=O)NCc1nn[nH]n1.CC(C)(C)c1ncn[nH]1. The van der Waals surface area contributed by atoms with Gasteiger partial charge in [-0.25, -0.2) is 4.98 Å². The Labute approximate surface area is 137 Å². The standard InChI is InChI=1S/C7H13N5O.C6H11N3.CH4/c1-7(2,3)6(13)8-4-5-9-11-12-10-5;1-6(2,3)5-7-4-8-9-5;/h4H2,1-3H3,(H,8,13)(H,9,10,11,12);4H,1-3H3,(H,7,8,9);1H4. The maximum absolute atomic E-state index is 11.4. The highest BCUT2D eigenvalue weighted by atomic mass is 16.2. The van der Waals surface area contributed by atoms with Gasteiger partial charge in [0, 0.05) is 10.8 Å². The highest BCUT2D eigenvalue weighted by Crippen LogP contribution is 2.15. The van der Waals surface area contributed by atoms with Gasteiger partial charge in [0.15, 0.2) is 5.82 Å². The van der Waals surface area contributed by atoms with Crippen molar-refractivity contribution in [1.82, 2.24) is 41.1 Å². The number of carbonyl (C=O) groups is 1. The van der Waals surface area contributed by atoms with E-state index in [0.29, 0.717) is 12.4 Å². The van der Waals surface area contributed by atoms with Crippen molar-refractivity contribution in [2.75, 3.05) is 0 Å². The summed E-state index contributed by atoms with van der Waals surface area (Å²) in [5.74, 6) is 1.39. The van der Waals surface area contributed by atoms with Crippen molar-refractivity contribution in [2.24, 2.45) is 5.41 Å². The number of carbonyl (C=O) groups excluding carboxylic acids is 1. The van der Waals surface area contributed by atoms with Gasteiger partial charge in [0.1, 0.15) is 12.2 Å². The zero-order valence-corrected chi connectivity index (χ0v) is 13.9. The molecule has 0 aromatic carbocycles. The van der Waals surface area contributed by atoms with E-state index in [-0.39, 0.29) is 24.2 Å². The highest BCUT2D eigenvalue weighted by Gasteiger charge is 2.20. The second-order valence-corrected chi connectivity index (χ2v) is 6.84. The van der Waals surface area contributed by atoms with Crippen molar-refractivity contribution in [2.45, 2.75) is 60.9 Å². The summed E-state index contributed by atoms with van der Waals surface area (Å²) in [5.41, 5.74) is -0.291. The van der Waals surface area contributed by atoms with Crippen LogP contribution in [0.5, 0.6) is 0 Å². The average Bonchev–Trinajstić information content (AvgIpc) is 3.07. The smallest absolute Gasteiger partial charge is 0.225 e. The van der Waals surface area contributed by atoms with E-state index < -0.39 is 0 Å². The fourth-order valence-corrected chi connectivity index (χ4v) is 1.25. The number of hydrogen-bond donors (Lipinski definition) is 3. The van der Waals surface area contributed by atoms with Gasteiger partial charge in [0.05, 0.1) is 6.54 Å². The van der Waals surface area contributed by atoms with E-state index in [0.717, 1.165) is 5.82 Å². The summed E-state index contributed by atoms with van der Waals surface area (Å²) in [4.78, 5) is 15.4. The molecule has 2 heterocycles. The second kappa shape index (κ2) is 8.35. The van der Waals surface area contributed by atoms with Gasteiger partial charge >= 0.3 is 0 Å². The van der Waals surface area contributed by atoms with Crippen LogP contribution in [-0.4, -0.2) is 41.7 Å². The minimum absolute atomic E-state index is 0. The number of aromatic amines is 2. The molecule has 0 unspecified atom stereocenters. The molecule has 2 aromatic heterocycles. The summed E-state index contributed by atoms with van der Waals surface area (Å²) in [6.07, 6.45) is 1.53. The molecule has 130 valence electrons. The Kier molecular flexibility index (Phi) is 7.51. The summed E-state index contributed by atoms with van der Waals surface area (Å²) in [7, 11) is 0. The van der Waals surface area contributed by atoms with Crippen LogP contribution >= 0.6 is 0 Å². The van der Waals surface area contributed by atoms with Crippen LogP contribution in [-0.2, 0) is 16.8 Å². The number of nitrogens with one attached hydrogen (secondary N) is 3. The van der Waals surface area contributed by atoms with E-state index in [9.17, 15) is 4.79 Å². The molecular weight excluding hydrogens is 296 g/mol. The molecule has 0 spiro atoms. The predicted octanol–water partition coefficient (Wildman–Crippen LogP) is 1.60. The molecule has 0 saturated heterocycles. The lowest BCUT2D eigenvalue weighted by Gasteiger charge is -2.16. The molecule has 2 aromatic rings. The van der Waals surface area contributed by atoms with Crippen LogP contribution in [0.15, 0.2) is 6.33 Å². The van der Waals surface area contributed by atoms with Crippen LogP contribution in [0, 0.1) is 5.41 Å². The lowest BCUT2D eigenvalue weighted by Crippen LogP contribution is -2.34. The molecule has 0 saturated carbocycles. The molecule has 0 bridgehead atoms. The maximum Gasteiger partial charge on any atom is 0.225 e. The third kappa shape index (κ3) is 7.48. The Morgan fingerprint density at radius 3 is 2.22 bits per heavy atom. The van der Waals surface area contributed by atoms with Gasteiger partial charge in [-0.3, -0.25) is 9.89 Å². The molecule has 9 nitrogen and oxygen atoms in total. The summed E-state index contributed by atoms with van der Waals surface area (Å²) in [6.45, 7) is 12.1. The van der Waals surface area contributed by atoms with Crippen LogP contribution in [0.25, 0.3) is 0 Å². The molecule has 3 N–H and O–H groups in total. The number of aromatic nitrogens is 7. The average molecular weight is 324 g/mol. The largest absolute Gasteiger partial charge is 0.348 e. The molecule has 1 amide bonds. The Morgan fingerprint density at radius 1 is 1.22 bits per heavy atom. The van der Waals surface area contributed by atoms with Gasteiger partial charge in [-0.15, -0.1) is 10.2 Å². The van der Waals surface area contributed by atoms with Crippen molar-refractivity contribution in [3.63, 3.8) is 0 Å². The zero-order valence-electron chi connectivity index (χ0n) is 13.9. The predicted molar refractivity (Wildman–Crippen MR) is 87.3 cm³/mol. The Bertz CT molecular complexity index is 549. The molecule has 0 atom stereocenters. The molecule has 0 aliphatic heterocycles. The fourth-order valence-electron chi connectivity index (χ4n) is 1.25. The third-order valence-electron chi connectivity index (χ3n) is 2.60. The van der Waals surface area contributed by atoms with Crippen LogP contribution in [0.3, 0.4) is 0 Å². The molecule has 2 rings (SSSR count). The fraction of sp³-hybridized carbons (Fsp3) is 0.714. The van der Waals surface area contributed by atoms with Crippen molar-refractivity contribution >= 4 is 5.91 Å². The van der Waals surface area contributed by atoms with Gasteiger partial charge in [-0.05, 0) is 0 Å². The van der Waals surface area contributed by atoms with Crippen LogP contribution in [0.2, 0.25) is 0 Å². The lowest BCUT2D eigenvalue weighted by atomic mass is 9.96. The highest BCUT2D eigenvalue weighted by molar-refractivity contribution is 5.81. The number of nitrogens with zero attached hydrogens (tertiary/aromatic N) is 5. The van der Waals surface area contributed by atoms with E-state index in [1.54, 1.807) is 0 Å². The Hall–Kier alpha value is -2.32. The Balaban J connectivity index is 0.000000427. The molecule has 23 heavy (non-hydrogen) atoms. The van der Waals surface area contributed by atoms with Gasteiger partial charge in [0.25, 0.3) is 0 Å². The number of amides is 1. The monoisotopic (exact) mass is 324 g/mol. The number of tetrazole rings is 1. The van der Waals surface area contributed by atoms with E-state index in [2.05, 4.69) is 61.9 Å². The number of rotatable bonds is 2. The second-order valence-electron chi connectivity index (χ2n) is 6.84. The molecule has 0 radical (unpaired) electrons. The topological polar surface area (TPSA) is 125 Å². The normalized spacial score (nSPS) is 11.0. The molecule has 0 fully saturated rings. The maximum atomic E-state index is 11.4. The first-order valence-corrected chi connectivity index (χ1v) is 6.97. The van der Waals surface area contributed by atoms with Gasteiger partial charge in [-0.1, -0.05) is 54.2 Å². The molecule has 0 aliphatic carbocycles. The van der Waals surface area contributed by atoms with Crippen LogP contribution < -0.4 is 5.32 Å². The minimum Gasteiger partial charge on any atom is -0.348 e. The molecule has 0 aliphatic rings. The third-order valence-corrected chi connectivity index (χ3v) is 2.60. The first-order chi connectivity index (χ1) is 10.1. The van der Waals surface area contributed by atoms with E-state index >= 15 is 0 Å². The van der Waals surface area contributed by atoms with E-state index in [4.69, 9.17) is 0 Å². The van der Waals surface area contributed by atoms with E-state index in [1.165, 1.54) is 6.33 Å². The van der Waals surface area contributed by atoms with Gasteiger partial charge < -0.3 is 5.32 Å². The van der Waals surface area contributed by atoms with Gasteiger partial charge in [-0.2, -0.15) is 10.3 Å². The van der Waals surface area contributed by atoms with Crippen molar-refractivity contribution in [3.05, 3.63) is 18.0 Å². The van der Waals surface area contributed by atoms with Crippen molar-refractivity contribution < 1.29 is 4.79 Å². The summed E-state index contributed by atoms with van der Waals surface area (Å²) >= 11 is 0. The number of H-pyrrole nitrogens is 2. The number of hydrogen-bond acceptors (Lipinski definition) is 6. The zero-order chi connectivity index (χ0) is 16.8. The van der Waals surface area contributed by atoms with Crippen molar-refractivity contribution in [3.8, 4) is 0 Å². The van der Waals surface area contributed by atoms with Crippen LogP contribution in [0.1, 0.15) is 60.6 Å². The summed E-state index contributed by atoms with van der Waals surface area (Å²) in [5, 5.41) is 22.4. The summed E-state index contributed by atoms with van der Waals surface area (Å²) < 4.78 is 0. The van der Waals surface area contributed by atoms with Crippen LogP contribution in [0.4, 0.5) is 0 Å². The Morgan fingerprint density at radius 2 is 1.87 bits per heavy atom. The quantitative estimate of drug-likeness (QED) is 0.770. The van der Waals surface area contributed by atoms with Crippen molar-refractivity contribution in [1.29, 1.82) is 0 Å². The lowest BCUT2D eigenvalue weighted by molar-refractivity contribution is -0.128. The minimum atomic E-state index is -0.385. The molecule has 9 heteroatoms. The van der Waals surface area contributed by atoms with Gasteiger partial charge in [0.2, 0.25) is 5.91 Å². The van der Waals surface area contributed by atoms with E-state index in [1.807, 2.05) is 20.8 Å². The first-order valence-electron chi connectivity index (χ1n) is 6.97. The summed E-state index contributed by atoms with van der Waals surface area (Å²) in [6, 6.07) is 0.